The van der Waals surface area contributed by atoms with E-state index in [9.17, 15) is 0 Å². The topological polar surface area (TPSA) is 51.8 Å². The molecule has 4 aromatic heterocycles. The molecule has 4 nitrogen and oxygen atoms in total. The summed E-state index contributed by atoms with van der Waals surface area (Å²) >= 11 is 0. The van der Waals surface area contributed by atoms with Gasteiger partial charge in [-0.1, -0.05) is 102 Å². The summed E-state index contributed by atoms with van der Waals surface area (Å²) in [5.74, 6) is 0. The van der Waals surface area contributed by atoms with Crippen molar-refractivity contribution in [2.75, 3.05) is 0 Å². The van der Waals surface area contributed by atoms with Crippen LogP contribution in [-0.4, -0.2) is 15.0 Å². The molecule has 0 fully saturated rings. The first kappa shape index (κ1) is 29.1. The summed E-state index contributed by atoms with van der Waals surface area (Å²) in [7, 11) is 0. The zero-order valence-corrected chi connectivity index (χ0v) is 26.3. The Balaban J connectivity index is 0.000000181. The van der Waals surface area contributed by atoms with Crippen molar-refractivity contribution in [1.29, 1.82) is 0 Å². The molecule has 209 valence electrons. The summed E-state index contributed by atoms with van der Waals surface area (Å²) in [5.41, 5.74) is 12.8. The van der Waals surface area contributed by atoms with Gasteiger partial charge in [0.2, 0.25) is 0 Å². The number of hydrogen-bond acceptors (Lipinski definition) is 4. The van der Waals surface area contributed by atoms with Gasteiger partial charge in [-0.25, -0.2) is 0 Å². The SMILES string of the molecule is Cc1c[c-]c(-c2cc(C)c(C)cn2)cc1C.[Ir].[c-]1c(-c2ccc(-c3ccccc3)cn2)c2cccnc2c2occc12. The third-order valence-corrected chi connectivity index (χ3v) is 7.42. The van der Waals surface area contributed by atoms with E-state index < -0.39 is 0 Å². The second kappa shape index (κ2) is 12.6. The van der Waals surface area contributed by atoms with Gasteiger partial charge in [0.15, 0.2) is 0 Å². The van der Waals surface area contributed by atoms with E-state index in [-0.39, 0.29) is 20.1 Å². The third-order valence-electron chi connectivity index (χ3n) is 7.42. The summed E-state index contributed by atoms with van der Waals surface area (Å²) in [6, 6.07) is 33.2. The molecule has 0 bridgehead atoms. The zero-order valence-electron chi connectivity index (χ0n) is 23.9. The molecular weight excluding hydrogens is 695 g/mol. The minimum Gasteiger partial charge on any atom is -0.506 e. The molecule has 0 spiro atoms. The van der Waals surface area contributed by atoms with Crippen LogP contribution in [0.2, 0.25) is 0 Å². The number of hydrogen-bond donors (Lipinski definition) is 0. The Bertz CT molecular complexity index is 1930. The van der Waals surface area contributed by atoms with Crippen LogP contribution in [0.3, 0.4) is 0 Å². The van der Waals surface area contributed by atoms with Crippen LogP contribution >= 0.6 is 0 Å². The van der Waals surface area contributed by atoms with Crippen molar-refractivity contribution in [2.45, 2.75) is 27.7 Å². The van der Waals surface area contributed by atoms with Crippen LogP contribution in [-0.2, 0) is 20.1 Å². The minimum absolute atomic E-state index is 0. The van der Waals surface area contributed by atoms with Crippen molar-refractivity contribution in [1.82, 2.24) is 15.0 Å². The molecule has 7 aromatic rings. The molecule has 0 N–H and O–H groups in total. The van der Waals surface area contributed by atoms with Gasteiger partial charge in [0.1, 0.15) is 0 Å². The molecule has 0 aliphatic carbocycles. The van der Waals surface area contributed by atoms with Crippen molar-refractivity contribution in [3.8, 4) is 33.6 Å². The first-order valence-electron chi connectivity index (χ1n) is 13.6. The fraction of sp³-hybridized carbons (Fsp3) is 0.108. The summed E-state index contributed by atoms with van der Waals surface area (Å²) in [6.07, 6.45) is 7.28. The summed E-state index contributed by atoms with van der Waals surface area (Å²) in [4.78, 5) is 13.6. The number of pyridine rings is 3. The normalized spacial score (nSPS) is 10.7. The summed E-state index contributed by atoms with van der Waals surface area (Å²) in [6.45, 7) is 8.41. The molecule has 4 heterocycles. The molecule has 0 aliphatic rings. The van der Waals surface area contributed by atoms with Gasteiger partial charge < -0.3 is 9.40 Å². The van der Waals surface area contributed by atoms with E-state index in [1.165, 1.54) is 22.3 Å². The molecule has 3 aromatic carbocycles. The fourth-order valence-electron chi connectivity index (χ4n) is 4.72. The second-order valence-electron chi connectivity index (χ2n) is 10.2. The Morgan fingerprint density at radius 3 is 2.19 bits per heavy atom. The van der Waals surface area contributed by atoms with E-state index in [0.717, 1.165) is 55.5 Å². The molecule has 0 unspecified atom stereocenters. The van der Waals surface area contributed by atoms with E-state index in [1.54, 1.807) is 12.5 Å². The van der Waals surface area contributed by atoms with Crippen molar-refractivity contribution >= 4 is 21.9 Å². The van der Waals surface area contributed by atoms with Crippen LogP contribution in [0.25, 0.3) is 55.5 Å². The second-order valence-corrected chi connectivity index (χ2v) is 10.2. The van der Waals surface area contributed by atoms with Crippen LogP contribution < -0.4 is 0 Å². The first-order valence-corrected chi connectivity index (χ1v) is 13.6. The number of aryl methyl sites for hydroxylation is 4. The minimum atomic E-state index is 0. The van der Waals surface area contributed by atoms with Crippen LogP contribution in [0, 0.1) is 39.8 Å². The number of benzene rings is 3. The molecule has 0 atom stereocenters. The number of rotatable bonds is 3. The van der Waals surface area contributed by atoms with Crippen molar-refractivity contribution in [3.05, 3.63) is 138 Å². The molecule has 0 saturated carbocycles. The summed E-state index contributed by atoms with van der Waals surface area (Å²) < 4.78 is 5.58. The standard InChI is InChI=1S/C22H13N2O.C15H16N.Ir/c1-2-5-15(6-3-1)17-8-9-20(24-14-17)19-13-16-10-12-25-22(16)21-18(19)7-4-11-23-21;1-10-5-6-14(7-11(10)2)15-8-12(3)13(4)9-16-15;/h1-12,14H;5,7-9H,1-4H3;/q2*-1;. The number of furan rings is 1. The molecule has 5 heteroatoms. The van der Waals surface area contributed by atoms with Crippen molar-refractivity contribution in [2.24, 2.45) is 0 Å². The fourth-order valence-corrected chi connectivity index (χ4v) is 4.72. The average Bonchev–Trinajstić information content (AvgIpc) is 3.50. The smallest absolute Gasteiger partial charge is 0.0847 e. The molecule has 1 radical (unpaired) electrons. The van der Waals surface area contributed by atoms with Gasteiger partial charge in [-0.15, -0.1) is 41.0 Å². The molecule has 0 aliphatic heterocycles. The van der Waals surface area contributed by atoms with E-state index in [1.807, 2.05) is 60.9 Å². The van der Waals surface area contributed by atoms with Crippen LogP contribution in [0.5, 0.6) is 0 Å². The van der Waals surface area contributed by atoms with Gasteiger partial charge in [-0.2, -0.15) is 0 Å². The maximum Gasteiger partial charge on any atom is 0.0847 e. The van der Waals surface area contributed by atoms with E-state index in [4.69, 9.17) is 4.42 Å². The van der Waals surface area contributed by atoms with Crippen LogP contribution in [0.1, 0.15) is 22.3 Å². The predicted octanol–water partition coefficient (Wildman–Crippen LogP) is 9.29. The molecule has 0 saturated heterocycles. The van der Waals surface area contributed by atoms with Crippen LogP contribution in [0.15, 0.2) is 108 Å². The molecule has 0 amide bonds. The van der Waals surface area contributed by atoms with Gasteiger partial charge in [0.05, 0.1) is 5.58 Å². The van der Waals surface area contributed by atoms with E-state index in [0.29, 0.717) is 0 Å². The molecule has 7 rings (SSSR count). The Morgan fingerprint density at radius 2 is 1.45 bits per heavy atom. The van der Waals surface area contributed by atoms with Gasteiger partial charge in [-0.05, 0) is 36.2 Å². The van der Waals surface area contributed by atoms with Crippen molar-refractivity contribution in [3.63, 3.8) is 0 Å². The first-order chi connectivity index (χ1) is 20.0. The zero-order chi connectivity index (χ0) is 28.3. The molecular formula is C37H29IrN3O-2. The van der Waals surface area contributed by atoms with Gasteiger partial charge in [-0.3, -0.25) is 9.97 Å². The van der Waals surface area contributed by atoms with Gasteiger partial charge in [0, 0.05) is 56.2 Å². The van der Waals surface area contributed by atoms with E-state index >= 15 is 0 Å². The van der Waals surface area contributed by atoms with Gasteiger partial charge >= 0.3 is 0 Å². The largest absolute Gasteiger partial charge is 0.506 e. The predicted molar refractivity (Wildman–Crippen MR) is 166 cm³/mol. The Labute approximate surface area is 259 Å². The van der Waals surface area contributed by atoms with Crippen molar-refractivity contribution < 1.29 is 24.5 Å². The maximum atomic E-state index is 5.58. The average molecular weight is 724 g/mol. The third kappa shape index (κ3) is 5.94. The number of nitrogens with zero attached hydrogens (tertiary/aromatic N) is 3. The number of aromatic nitrogens is 3. The monoisotopic (exact) mass is 724 g/mol. The van der Waals surface area contributed by atoms with Gasteiger partial charge in [0.25, 0.3) is 0 Å². The Morgan fingerprint density at radius 1 is 0.667 bits per heavy atom. The summed E-state index contributed by atoms with van der Waals surface area (Å²) in [5, 5.41) is 1.90. The quantitative estimate of drug-likeness (QED) is 0.171. The van der Waals surface area contributed by atoms with E-state index in [2.05, 4.69) is 85.1 Å². The Kier molecular flexibility index (Phi) is 8.72. The maximum absolute atomic E-state index is 5.58. The number of fused-ring (bicyclic) bond motifs is 3. The Hall–Kier alpha value is -4.44. The van der Waals surface area contributed by atoms with Crippen LogP contribution in [0.4, 0.5) is 0 Å². The molecule has 42 heavy (non-hydrogen) atoms.